The van der Waals surface area contributed by atoms with Gasteiger partial charge in [-0.25, -0.2) is 0 Å². The van der Waals surface area contributed by atoms with Crippen LogP contribution in [0.15, 0.2) is 42.5 Å². The lowest BCUT2D eigenvalue weighted by atomic mass is 10.0. The number of carbonyl (C=O) groups is 2. The van der Waals surface area contributed by atoms with Gasteiger partial charge in [0.25, 0.3) is 5.91 Å². The Morgan fingerprint density at radius 3 is 2.44 bits per heavy atom. The van der Waals surface area contributed by atoms with E-state index in [9.17, 15) is 9.59 Å². The molecular formula is C19H19Cl2NO3. The van der Waals surface area contributed by atoms with E-state index < -0.39 is 5.97 Å². The maximum atomic E-state index is 12.7. The highest BCUT2D eigenvalue weighted by Gasteiger charge is 2.17. The molecule has 2 aromatic carbocycles. The normalized spacial score (nSPS) is 10.5. The summed E-state index contributed by atoms with van der Waals surface area (Å²) in [6.45, 7) is 0. The van der Waals surface area contributed by atoms with Crippen LogP contribution in [-0.2, 0) is 11.2 Å². The fourth-order valence-corrected chi connectivity index (χ4v) is 2.87. The Morgan fingerprint density at radius 2 is 1.76 bits per heavy atom. The van der Waals surface area contributed by atoms with Crippen molar-refractivity contribution >= 4 is 40.8 Å². The van der Waals surface area contributed by atoms with Crippen LogP contribution < -0.4 is 4.90 Å². The lowest BCUT2D eigenvalue weighted by Gasteiger charge is -2.21. The third kappa shape index (κ3) is 5.21. The highest BCUT2D eigenvalue weighted by molar-refractivity contribution is 6.42. The molecule has 0 heterocycles. The SMILES string of the molecule is CN(C(=O)c1ccc(Cl)c(Cl)c1)c1ccccc1CCCCC(=O)O. The Morgan fingerprint density at radius 1 is 1.04 bits per heavy atom. The van der Waals surface area contributed by atoms with Crippen LogP contribution in [0.1, 0.15) is 35.2 Å². The van der Waals surface area contributed by atoms with Crippen LogP contribution >= 0.6 is 23.2 Å². The molecule has 25 heavy (non-hydrogen) atoms. The Bertz CT molecular complexity index is 777. The van der Waals surface area contributed by atoms with Crippen LogP contribution in [0.5, 0.6) is 0 Å². The molecule has 1 amide bonds. The number of halogens is 2. The fourth-order valence-electron chi connectivity index (χ4n) is 2.57. The van der Waals surface area contributed by atoms with E-state index in [1.807, 2.05) is 24.3 Å². The van der Waals surface area contributed by atoms with Gasteiger partial charge >= 0.3 is 5.97 Å². The number of amides is 1. The standard InChI is InChI=1S/C19H19Cl2NO3/c1-22(19(25)14-10-11-15(20)16(21)12-14)17-8-4-2-6-13(17)7-3-5-9-18(23)24/h2,4,6,8,10-12H,3,5,7,9H2,1H3,(H,23,24). The summed E-state index contributed by atoms with van der Waals surface area (Å²) >= 11 is 11.9. The molecule has 0 bridgehead atoms. The van der Waals surface area contributed by atoms with Crippen molar-refractivity contribution in [3.8, 4) is 0 Å². The van der Waals surface area contributed by atoms with Gasteiger partial charge in [0.15, 0.2) is 0 Å². The second-order valence-electron chi connectivity index (χ2n) is 5.72. The molecule has 2 rings (SSSR count). The van der Waals surface area contributed by atoms with Crippen molar-refractivity contribution in [2.45, 2.75) is 25.7 Å². The van der Waals surface area contributed by atoms with Gasteiger partial charge in [0.2, 0.25) is 0 Å². The quantitative estimate of drug-likeness (QED) is 0.683. The zero-order chi connectivity index (χ0) is 18.4. The molecule has 6 heteroatoms. The lowest BCUT2D eigenvalue weighted by Crippen LogP contribution is -2.27. The Hall–Kier alpha value is -2.04. The van der Waals surface area contributed by atoms with Crippen molar-refractivity contribution < 1.29 is 14.7 Å². The molecule has 132 valence electrons. The molecule has 0 unspecified atom stereocenters. The van der Waals surface area contributed by atoms with Gasteiger partial charge in [-0.05, 0) is 49.1 Å². The minimum atomic E-state index is -0.791. The molecule has 0 aliphatic rings. The summed E-state index contributed by atoms with van der Waals surface area (Å²) in [5.41, 5.74) is 2.26. The molecule has 0 aromatic heterocycles. The number of anilines is 1. The molecule has 1 N–H and O–H groups in total. The molecule has 0 aliphatic heterocycles. The van der Waals surface area contributed by atoms with E-state index >= 15 is 0 Å². The maximum Gasteiger partial charge on any atom is 0.303 e. The number of hydrogen-bond acceptors (Lipinski definition) is 2. The molecule has 0 saturated heterocycles. The number of unbranched alkanes of at least 4 members (excludes halogenated alkanes) is 1. The van der Waals surface area contributed by atoms with E-state index in [0.717, 1.165) is 17.7 Å². The molecule has 0 atom stereocenters. The summed E-state index contributed by atoms with van der Waals surface area (Å²) in [6.07, 6.45) is 2.22. The average Bonchev–Trinajstić information content (AvgIpc) is 2.60. The van der Waals surface area contributed by atoms with Gasteiger partial charge in [-0.3, -0.25) is 9.59 Å². The van der Waals surface area contributed by atoms with Crippen LogP contribution in [0.25, 0.3) is 0 Å². The van der Waals surface area contributed by atoms with Gasteiger partial charge in [0.1, 0.15) is 0 Å². The first-order chi connectivity index (χ1) is 11.9. The zero-order valence-corrected chi connectivity index (χ0v) is 15.3. The highest BCUT2D eigenvalue weighted by atomic mass is 35.5. The lowest BCUT2D eigenvalue weighted by molar-refractivity contribution is -0.137. The van der Waals surface area contributed by atoms with E-state index in [1.54, 1.807) is 30.1 Å². The average molecular weight is 380 g/mol. The fraction of sp³-hybridized carbons (Fsp3) is 0.263. The second kappa shape index (κ2) is 8.88. The molecule has 0 saturated carbocycles. The topological polar surface area (TPSA) is 57.6 Å². The van der Waals surface area contributed by atoms with Crippen molar-refractivity contribution in [1.29, 1.82) is 0 Å². The summed E-state index contributed by atoms with van der Waals surface area (Å²) in [5, 5.41) is 9.46. The third-order valence-electron chi connectivity index (χ3n) is 3.91. The largest absolute Gasteiger partial charge is 0.481 e. The number of carboxylic acid groups (broad SMARTS) is 1. The number of rotatable bonds is 7. The minimum absolute atomic E-state index is 0.153. The third-order valence-corrected chi connectivity index (χ3v) is 4.65. The first-order valence-corrected chi connectivity index (χ1v) is 8.68. The van der Waals surface area contributed by atoms with E-state index in [-0.39, 0.29) is 12.3 Å². The van der Waals surface area contributed by atoms with Crippen LogP contribution in [-0.4, -0.2) is 24.0 Å². The molecule has 0 aliphatic carbocycles. The number of benzene rings is 2. The van der Waals surface area contributed by atoms with Crippen molar-refractivity contribution in [1.82, 2.24) is 0 Å². The number of aryl methyl sites for hydroxylation is 1. The maximum absolute atomic E-state index is 12.7. The summed E-state index contributed by atoms with van der Waals surface area (Å²) in [6, 6.07) is 12.4. The van der Waals surface area contributed by atoms with Crippen LogP contribution in [0.2, 0.25) is 10.0 Å². The number of carboxylic acids is 1. The number of hydrogen-bond donors (Lipinski definition) is 1. The first-order valence-electron chi connectivity index (χ1n) is 7.93. The van der Waals surface area contributed by atoms with Gasteiger partial charge in [-0.2, -0.15) is 0 Å². The molecule has 0 fully saturated rings. The van der Waals surface area contributed by atoms with Gasteiger partial charge in [-0.1, -0.05) is 41.4 Å². The van der Waals surface area contributed by atoms with Crippen LogP contribution in [0.3, 0.4) is 0 Å². The first kappa shape index (κ1) is 19.3. The van der Waals surface area contributed by atoms with E-state index in [4.69, 9.17) is 28.3 Å². The second-order valence-corrected chi connectivity index (χ2v) is 6.54. The van der Waals surface area contributed by atoms with E-state index in [0.29, 0.717) is 28.5 Å². The van der Waals surface area contributed by atoms with Gasteiger partial charge in [-0.15, -0.1) is 0 Å². The molecular weight excluding hydrogens is 361 g/mol. The predicted octanol–water partition coefficient (Wildman–Crippen LogP) is 5.07. The molecule has 2 aromatic rings. The smallest absolute Gasteiger partial charge is 0.303 e. The number of carbonyl (C=O) groups excluding carboxylic acids is 1. The van der Waals surface area contributed by atoms with Crippen LogP contribution in [0.4, 0.5) is 5.69 Å². The summed E-state index contributed by atoms with van der Waals surface area (Å²) < 4.78 is 0. The minimum Gasteiger partial charge on any atom is -0.481 e. The van der Waals surface area contributed by atoms with Crippen molar-refractivity contribution in [2.24, 2.45) is 0 Å². The van der Waals surface area contributed by atoms with E-state index in [1.165, 1.54) is 0 Å². The summed E-state index contributed by atoms with van der Waals surface area (Å²) in [5.74, 6) is -0.975. The van der Waals surface area contributed by atoms with Crippen molar-refractivity contribution in [3.63, 3.8) is 0 Å². The number of nitrogens with zero attached hydrogens (tertiary/aromatic N) is 1. The Kier molecular flexibility index (Phi) is 6.85. The zero-order valence-electron chi connectivity index (χ0n) is 13.8. The Balaban J connectivity index is 2.15. The Labute approximate surface area is 157 Å². The van der Waals surface area contributed by atoms with E-state index in [2.05, 4.69) is 0 Å². The molecule has 0 spiro atoms. The predicted molar refractivity (Wildman–Crippen MR) is 101 cm³/mol. The van der Waals surface area contributed by atoms with Crippen LogP contribution in [0, 0.1) is 0 Å². The molecule has 4 nitrogen and oxygen atoms in total. The molecule has 0 radical (unpaired) electrons. The van der Waals surface area contributed by atoms with Gasteiger partial charge < -0.3 is 10.0 Å². The van der Waals surface area contributed by atoms with Crippen molar-refractivity contribution in [3.05, 3.63) is 63.6 Å². The summed E-state index contributed by atoms with van der Waals surface area (Å²) in [4.78, 5) is 24.9. The number of para-hydroxylation sites is 1. The monoisotopic (exact) mass is 379 g/mol. The van der Waals surface area contributed by atoms with Gasteiger partial charge in [0.05, 0.1) is 10.0 Å². The summed E-state index contributed by atoms with van der Waals surface area (Å²) in [7, 11) is 1.71. The van der Waals surface area contributed by atoms with Crippen molar-refractivity contribution in [2.75, 3.05) is 11.9 Å². The number of aliphatic carboxylic acids is 1. The highest BCUT2D eigenvalue weighted by Crippen LogP contribution is 2.26. The van der Waals surface area contributed by atoms with Gasteiger partial charge in [0, 0.05) is 24.7 Å².